The Bertz CT molecular complexity index is 497. The molecular formula is C15H21NO4. The number of hydrogen-bond donors (Lipinski definition) is 2. The molecule has 0 fully saturated rings. The molecule has 0 unspecified atom stereocenters. The molecule has 110 valence electrons. The number of hydrogen-bond acceptors (Lipinski definition) is 3. The van der Waals surface area contributed by atoms with Crippen molar-refractivity contribution in [3.05, 3.63) is 29.3 Å². The van der Waals surface area contributed by atoms with E-state index in [1.165, 1.54) is 6.07 Å². The van der Waals surface area contributed by atoms with Crippen LogP contribution in [-0.2, 0) is 4.79 Å². The third-order valence-corrected chi connectivity index (χ3v) is 3.06. The molecule has 20 heavy (non-hydrogen) atoms. The Morgan fingerprint density at radius 3 is 2.50 bits per heavy atom. The standard InChI is InChI=1S/C15H21NO4/c1-10(2)16(8-4-5-14(18)19)15(20)12-9-11(3)6-7-13(12)17/h6-7,9-10,17H,4-5,8H2,1-3H3,(H,18,19). The van der Waals surface area contributed by atoms with E-state index in [-0.39, 0.29) is 29.7 Å². The second-order valence-corrected chi connectivity index (χ2v) is 5.11. The molecule has 0 aliphatic heterocycles. The fourth-order valence-corrected chi connectivity index (χ4v) is 1.97. The maximum atomic E-state index is 12.5. The lowest BCUT2D eigenvalue weighted by atomic mass is 10.1. The maximum absolute atomic E-state index is 12.5. The van der Waals surface area contributed by atoms with Crippen LogP contribution in [0.1, 0.15) is 42.6 Å². The number of carbonyl (C=O) groups is 2. The van der Waals surface area contributed by atoms with Gasteiger partial charge >= 0.3 is 5.97 Å². The van der Waals surface area contributed by atoms with E-state index in [0.717, 1.165) is 5.56 Å². The topological polar surface area (TPSA) is 77.8 Å². The van der Waals surface area contributed by atoms with Crippen molar-refractivity contribution in [1.29, 1.82) is 0 Å². The lowest BCUT2D eigenvalue weighted by molar-refractivity contribution is -0.137. The molecule has 0 aromatic heterocycles. The van der Waals surface area contributed by atoms with E-state index in [2.05, 4.69) is 0 Å². The molecule has 5 heteroatoms. The van der Waals surface area contributed by atoms with Crippen LogP contribution in [0.4, 0.5) is 0 Å². The molecule has 0 atom stereocenters. The van der Waals surface area contributed by atoms with Gasteiger partial charge in [-0.1, -0.05) is 11.6 Å². The summed E-state index contributed by atoms with van der Waals surface area (Å²) in [5.41, 5.74) is 1.15. The lowest BCUT2D eigenvalue weighted by Gasteiger charge is -2.27. The van der Waals surface area contributed by atoms with Gasteiger partial charge in [-0.05, 0) is 39.3 Å². The molecular weight excluding hydrogens is 258 g/mol. The summed E-state index contributed by atoms with van der Waals surface area (Å²) in [4.78, 5) is 24.6. The van der Waals surface area contributed by atoms with Crippen LogP contribution >= 0.6 is 0 Å². The van der Waals surface area contributed by atoms with Crippen LogP contribution in [-0.4, -0.2) is 39.6 Å². The van der Waals surface area contributed by atoms with Gasteiger partial charge in [0.05, 0.1) is 5.56 Å². The molecule has 0 radical (unpaired) electrons. The zero-order chi connectivity index (χ0) is 15.3. The predicted molar refractivity (Wildman–Crippen MR) is 75.9 cm³/mol. The minimum absolute atomic E-state index is 0.0241. The zero-order valence-electron chi connectivity index (χ0n) is 12.1. The molecule has 5 nitrogen and oxygen atoms in total. The number of carboxylic acids is 1. The minimum atomic E-state index is -0.875. The van der Waals surface area contributed by atoms with Gasteiger partial charge in [-0.15, -0.1) is 0 Å². The van der Waals surface area contributed by atoms with Crippen molar-refractivity contribution in [2.75, 3.05) is 6.54 Å². The van der Waals surface area contributed by atoms with Gasteiger partial charge in [0, 0.05) is 19.0 Å². The highest BCUT2D eigenvalue weighted by atomic mass is 16.4. The fourth-order valence-electron chi connectivity index (χ4n) is 1.97. The SMILES string of the molecule is Cc1ccc(O)c(C(=O)N(CCCC(=O)O)C(C)C)c1. The van der Waals surface area contributed by atoms with E-state index in [1.807, 2.05) is 20.8 Å². The monoisotopic (exact) mass is 279 g/mol. The maximum Gasteiger partial charge on any atom is 0.303 e. The van der Waals surface area contributed by atoms with Crippen molar-refractivity contribution in [3.8, 4) is 5.75 Å². The van der Waals surface area contributed by atoms with E-state index in [0.29, 0.717) is 13.0 Å². The van der Waals surface area contributed by atoms with Crippen LogP contribution in [0.25, 0.3) is 0 Å². The summed E-state index contributed by atoms with van der Waals surface area (Å²) < 4.78 is 0. The first-order valence-electron chi connectivity index (χ1n) is 6.65. The van der Waals surface area contributed by atoms with E-state index in [1.54, 1.807) is 17.0 Å². The number of benzene rings is 1. The van der Waals surface area contributed by atoms with Crippen molar-refractivity contribution in [2.45, 2.75) is 39.7 Å². The molecule has 0 bridgehead atoms. The predicted octanol–water partition coefficient (Wildman–Crippen LogP) is 2.42. The Labute approximate surface area is 118 Å². The number of aliphatic carboxylic acids is 1. The quantitative estimate of drug-likeness (QED) is 0.838. The Hall–Kier alpha value is -2.04. The smallest absolute Gasteiger partial charge is 0.303 e. The van der Waals surface area contributed by atoms with E-state index < -0.39 is 5.97 Å². The summed E-state index contributed by atoms with van der Waals surface area (Å²) in [6.07, 6.45) is 0.419. The largest absolute Gasteiger partial charge is 0.507 e. The summed E-state index contributed by atoms with van der Waals surface area (Å²) in [6, 6.07) is 4.81. The summed E-state index contributed by atoms with van der Waals surface area (Å²) in [5, 5.41) is 18.5. The number of aryl methyl sites for hydroxylation is 1. The third kappa shape index (κ3) is 4.26. The van der Waals surface area contributed by atoms with Gasteiger partial charge < -0.3 is 15.1 Å². The number of phenolic OH excluding ortho intramolecular Hbond substituents is 1. The molecule has 0 spiro atoms. The zero-order valence-corrected chi connectivity index (χ0v) is 12.1. The van der Waals surface area contributed by atoms with Crippen molar-refractivity contribution in [3.63, 3.8) is 0 Å². The molecule has 0 saturated heterocycles. The van der Waals surface area contributed by atoms with Gasteiger partial charge in [-0.2, -0.15) is 0 Å². The van der Waals surface area contributed by atoms with Crippen LogP contribution in [0.5, 0.6) is 5.75 Å². The second-order valence-electron chi connectivity index (χ2n) is 5.11. The summed E-state index contributed by atoms with van der Waals surface area (Å²) in [7, 11) is 0. The molecule has 2 N–H and O–H groups in total. The summed E-state index contributed by atoms with van der Waals surface area (Å²) >= 11 is 0. The van der Waals surface area contributed by atoms with Crippen LogP contribution in [0, 0.1) is 6.92 Å². The second kappa shape index (κ2) is 6.93. The summed E-state index contributed by atoms with van der Waals surface area (Å²) in [5.74, 6) is -1.20. The van der Waals surface area contributed by atoms with Crippen LogP contribution in [0.3, 0.4) is 0 Å². The van der Waals surface area contributed by atoms with Crippen molar-refractivity contribution in [2.24, 2.45) is 0 Å². The summed E-state index contributed by atoms with van der Waals surface area (Å²) in [6.45, 7) is 5.94. The Morgan fingerprint density at radius 2 is 1.95 bits per heavy atom. The highest BCUT2D eigenvalue weighted by Crippen LogP contribution is 2.21. The van der Waals surface area contributed by atoms with Gasteiger partial charge in [-0.25, -0.2) is 0 Å². The molecule has 1 aromatic carbocycles. The Morgan fingerprint density at radius 1 is 1.30 bits per heavy atom. The highest BCUT2D eigenvalue weighted by Gasteiger charge is 2.21. The lowest BCUT2D eigenvalue weighted by Crippen LogP contribution is -2.38. The first kappa shape index (κ1) is 16.0. The number of carbonyl (C=O) groups excluding carboxylic acids is 1. The normalized spacial score (nSPS) is 10.6. The fraction of sp³-hybridized carbons (Fsp3) is 0.467. The number of nitrogens with zero attached hydrogens (tertiary/aromatic N) is 1. The number of rotatable bonds is 6. The molecule has 1 rings (SSSR count). The first-order chi connectivity index (χ1) is 9.32. The molecule has 0 heterocycles. The molecule has 0 saturated carbocycles. The molecule has 0 aliphatic rings. The van der Waals surface area contributed by atoms with Gasteiger partial charge in [-0.3, -0.25) is 9.59 Å². The van der Waals surface area contributed by atoms with Gasteiger partial charge in [0.25, 0.3) is 5.91 Å². The van der Waals surface area contributed by atoms with Crippen molar-refractivity contribution < 1.29 is 19.8 Å². The molecule has 0 aliphatic carbocycles. The van der Waals surface area contributed by atoms with Gasteiger partial charge in [0.1, 0.15) is 5.75 Å². The van der Waals surface area contributed by atoms with Crippen LogP contribution in [0.2, 0.25) is 0 Å². The van der Waals surface area contributed by atoms with Crippen molar-refractivity contribution in [1.82, 2.24) is 4.90 Å². The number of amides is 1. The third-order valence-electron chi connectivity index (χ3n) is 3.06. The van der Waals surface area contributed by atoms with Crippen LogP contribution in [0.15, 0.2) is 18.2 Å². The van der Waals surface area contributed by atoms with E-state index in [9.17, 15) is 14.7 Å². The first-order valence-corrected chi connectivity index (χ1v) is 6.65. The minimum Gasteiger partial charge on any atom is -0.507 e. The van der Waals surface area contributed by atoms with Crippen LogP contribution < -0.4 is 0 Å². The number of aromatic hydroxyl groups is 1. The highest BCUT2D eigenvalue weighted by molar-refractivity contribution is 5.97. The average Bonchev–Trinajstić information content (AvgIpc) is 2.36. The van der Waals surface area contributed by atoms with Gasteiger partial charge in [0.2, 0.25) is 0 Å². The molecule has 1 aromatic rings. The van der Waals surface area contributed by atoms with Gasteiger partial charge in [0.15, 0.2) is 0 Å². The Kier molecular flexibility index (Phi) is 5.55. The average molecular weight is 279 g/mol. The Balaban J connectivity index is 2.88. The number of carboxylic acid groups (broad SMARTS) is 1. The molecule has 1 amide bonds. The van der Waals surface area contributed by atoms with Crippen molar-refractivity contribution >= 4 is 11.9 Å². The number of phenols is 1. The van der Waals surface area contributed by atoms with E-state index in [4.69, 9.17) is 5.11 Å². The van der Waals surface area contributed by atoms with E-state index >= 15 is 0 Å².